The van der Waals surface area contributed by atoms with Gasteiger partial charge in [0, 0.05) is 88.2 Å². The summed E-state index contributed by atoms with van der Waals surface area (Å²) in [7, 11) is 0. The SMILES string of the molecule is [C-]#[N+]C1=C(N2CCCC2)CC(C)(C)C/C1=C(\C#N)C(=O)NC(CNC(=O)/C(C#N)=C1\CC(C)(C)CC(N2CCCC2)=C1C#N)C(CNC(=O)/C(C#N)=C1\CC(C)(C)CC(N2CCCC2)=C1C#N)NC(=O)/C([N+]#[C-])=C1\CC(C)(C)CC(N2CCCC2)=C1[N+]#[C-]. The molecule has 458 valence electrons. The highest BCUT2D eigenvalue weighted by Crippen LogP contribution is 2.49. The molecule has 88 heavy (non-hydrogen) atoms. The Bertz CT molecular complexity index is 3300. The molecule has 2 atom stereocenters. The Balaban J connectivity index is 1.28. The lowest BCUT2D eigenvalue weighted by Crippen LogP contribution is -2.60. The lowest BCUT2D eigenvalue weighted by atomic mass is 9.72. The monoisotopic (exact) mass is 1190 g/mol. The maximum absolute atomic E-state index is 15.4. The molecule has 20 heteroatoms. The highest BCUT2D eigenvalue weighted by molar-refractivity contribution is 6.02. The van der Waals surface area contributed by atoms with Gasteiger partial charge in [0.15, 0.2) is 5.70 Å². The minimum atomic E-state index is -1.52. The van der Waals surface area contributed by atoms with Gasteiger partial charge in [-0.3, -0.25) is 19.2 Å². The van der Waals surface area contributed by atoms with Gasteiger partial charge in [-0.05, 0) is 147 Å². The molecule has 20 nitrogen and oxygen atoms in total. The first-order valence-electron chi connectivity index (χ1n) is 31.0. The van der Waals surface area contributed by atoms with E-state index in [1.807, 2.05) is 55.4 Å². The molecule has 0 spiro atoms. The van der Waals surface area contributed by atoms with Crippen molar-refractivity contribution in [3.63, 3.8) is 0 Å². The average Bonchev–Trinajstić information content (AvgIpc) is 1.97. The summed E-state index contributed by atoms with van der Waals surface area (Å²) in [6.45, 7) is 46.1. The second kappa shape index (κ2) is 26.9. The van der Waals surface area contributed by atoms with E-state index in [2.05, 4.69) is 85.7 Å². The van der Waals surface area contributed by atoms with E-state index >= 15 is 9.59 Å². The zero-order valence-corrected chi connectivity index (χ0v) is 52.5. The number of hydrogen-bond acceptors (Lipinski definition) is 13. The molecule has 8 aliphatic rings. The van der Waals surface area contributed by atoms with Gasteiger partial charge in [-0.15, -0.1) is 0 Å². The number of carbonyl (C=O) groups is 4. The summed E-state index contributed by atoms with van der Waals surface area (Å²) < 4.78 is 0. The average molecular weight is 1190 g/mol. The Morgan fingerprint density at radius 3 is 1.06 bits per heavy atom. The van der Waals surface area contributed by atoms with E-state index in [4.69, 9.17) is 19.7 Å². The molecule has 0 bridgehead atoms. The quantitative estimate of drug-likeness (QED) is 0.0678. The Morgan fingerprint density at radius 2 is 0.727 bits per heavy atom. The molecule has 4 saturated heterocycles. The number of amides is 4. The summed E-state index contributed by atoms with van der Waals surface area (Å²) in [5.41, 5.74) is 1.37. The van der Waals surface area contributed by atoms with Crippen molar-refractivity contribution in [2.24, 2.45) is 21.7 Å². The molecule has 2 unspecified atom stereocenters. The predicted molar refractivity (Wildman–Crippen MR) is 329 cm³/mol. The molecule has 4 amide bonds. The molecule has 4 aliphatic carbocycles. The van der Waals surface area contributed by atoms with Gasteiger partial charge < -0.3 is 40.9 Å². The molecule has 8 rings (SSSR count). The normalized spacial score (nSPS) is 24.2. The zero-order chi connectivity index (χ0) is 63.9. The van der Waals surface area contributed by atoms with Gasteiger partial charge in [-0.2, -0.15) is 26.3 Å². The van der Waals surface area contributed by atoms with Crippen LogP contribution >= 0.6 is 0 Å². The van der Waals surface area contributed by atoms with Crippen LogP contribution in [-0.2, 0) is 19.2 Å². The van der Waals surface area contributed by atoms with Crippen LogP contribution < -0.4 is 21.3 Å². The third-order valence-electron chi connectivity index (χ3n) is 18.5. The molecule has 4 aliphatic heterocycles. The molecular weight excluding hydrogens is 1100 g/mol. The van der Waals surface area contributed by atoms with E-state index in [0.717, 1.165) is 74.2 Å². The molecule has 4 heterocycles. The van der Waals surface area contributed by atoms with Gasteiger partial charge in [-0.1, -0.05) is 55.4 Å². The van der Waals surface area contributed by atoms with Crippen molar-refractivity contribution in [2.45, 2.75) is 170 Å². The highest BCUT2D eigenvalue weighted by atomic mass is 16.2. The van der Waals surface area contributed by atoms with Crippen molar-refractivity contribution in [3.05, 3.63) is 124 Å². The summed E-state index contributed by atoms with van der Waals surface area (Å²) in [4.78, 5) is 80.8. The van der Waals surface area contributed by atoms with Gasteiger partial charge >= 0.3 is 0 Å². The fraction of sp³-hybridized carbons (Fsp3) is 0.588. The summed E-state index contributed by atoms with van der Waals surface area (Å²) >= 11 is 0. The van der Waals surface area contributed by atoms with Crippen LogP contribution in [0.25, 0.3) is 14.5 Å². The van der Waals surface area contributed by atoms with Crippen molar-refractivity contribution >= 4 is 23.6 Å². The van der Waals surface area contributed by atoms with Crippen molar-refractivity contribution in [2.75, 3.05) is 65.4 Å². The van der Waals surface area contributed by atoms with Gasteiger partial charge in [0.25, 0.3) is 17.7 Å². The second-order valence-electron chi connectivity index (χ2n) is 27.9. The van der Waals surface area contributed by atoms with Crippen LogP contribution in [0.2, 0.25) is 0 Å². The van der Waals surface area contributed by atoms with Gasteiger partial charge in [0.05, 0.1) is 42.9 Å². The topological polar surface area (TPSA) is 261 Å². The van der Waals surface area contributed by atoms with Crippen molar-refractivity contribution in [1.29, 1.82) is 26.3 Å². The highest BCUT2D eigenvalue weighted by Gasteiger charge is 2.43. The predicted octanol–water partition coefficient (Wildman–Crippen LogP) is 9.30. The molecule has 0 aromatic heterocycles. The Kier molecular flexibility index (Phi) is 19.8. The second-order valence-corrected chi connectivity index (χ2v) is 27.9. The summed E-state index contributed by atoms with van der Waals surface area (Å²) in [5.74, 6) is -3.77. The van der Waals surface area contributed by atoms with E-state index in [-0.39, 0.29) is 87.2 Å². The summed E-state index contributed by atoms with van der Waals surface area (Å²) in [6, 6.07) is 7.83. The maximum Gasteiger partial charge on any atom is 0.262 e. The van der Waals surface area contributed by atoms with Crippen LogP contribution in [-0.4, -0.2) is 121 Å². The maximum atomic E-state index is 15.4. The third-order valence-corrected chi connectivity index (χ3v) is 18.5. The molecule has 0 aromatic rings. The first kappa shape index (κ1) is 64.9. The van der Waals surface area contributed by atoms with Crippen molar-refractivity contribution < 1.29 is 19.2 Å². The van der Waals surface area contributed by atoms with E-state index in [1.165, 1.54) is 0 Å². The molecule has 0 saturated carbocycles. The minimum Gasteiger partial charge on any atom is -0.384 e. The van der Waals surface area contributed by atoms with Crippen LogP contribution in [0.1, 0.15) is 158 Å². The van der Waals surface area contributed by atoms with E-state index < -0.39 is 76.2 Å². The summed E-state index contributed by atoms with van der Waals surface area (Å²) in [5, 5.41) is 66.0. The fourth-order valence-corrected chi connectivity index (χ4v) is 14.4. The van der Waals surface area contributed by atoms with Gasteiger partial charge in [0.2, 0.25) is 17.3 Å². The largest absolute Gasteiger partial charge is 0.384 e. The molecule has 0 radical (unpaired) electrons. The number of nitrogens with one attached hydrogen (secondary N) is 4. The number of nitriles is 5. The molecule has 4 fully saturated rings. The van der Waals surface area contributed by atoms with Crippen LogP contribution in [0.4, 0.5) is 0 Å². The van der Waals surface area contributed by atoms with Crippen LogP contribution in [0.3, 0.4) is 0 Å². The van der Waals surface area contributed by atoms with E-state index in [9.17, 15) is 35.9 Å². The van der Waals surface area contributed by atoms with E-state index in [1.54, 1.807) is 0 Å². The Labute approximate surface area is 519 Å². The van der Waals surface area contributed by atoms with Crippen molar-refractivity contribution in [1.82, 2.24) is 40.9 Å². The van der Waals surface area contributed by atoms with Gasteiger partial charge in [0.1, 0.15) is 47.1 Å². The number of rotatable bonds is 15. The standard InChI is InChI=1S/C68H82N16O4/c1-65(2)28-43(47(36-69)54(32-65)81-20-12-13-21-81)49(38-71)61(85)77-41-52(79-63(87)51(40-73)45-30-67(5,6)34-56(58(45)74-9)83-24-16-17-25-83)53(80-64(88)60(76-11)46-31-68(7,8)35-57(59(46)75-10)84-26-18-19-27-84)42-78-62(86)50(39-72)44-29-66(3,4)33-55(48(44)37-70)82-22-14-15-23-82/h52-53H,12-35,41-42H2,1-8H3,(H,77,85)(H,78,86)(H,79,87)(H,80,88)/b49-43+,50-44+,51-45-,60-46-. The zero-order valence-electron chi connectivity index (χ0n) is 52.5. The molecule has 4 N–H and O–H groups in total. The van der Waals surface area contributed by atoms with Crippen LogP contribution in [0.5, 0.6) is 0 Å². The smallest absolute Gasteiger partial charge is 0.262 e. The molecular formula is C68H82N16O4. The number of hydrogen-bond donors (Lipinski definition) is 4. The van der Waals surface area contributed by atoms with Crippen LogP contribution in [0.15, 0.2) is 90.0 Å². The third kappa shape index (κ3) is 14.2. The Morgan fingerprint density at radius 1 is 0.432 bits per heavy atom. The first-order valence-corrected chi connectivity index (χ1v) is 31.0. The lowest BCUT2D eigenvalue weighted by molar-refractivity contribution is -0.121. The minimum absolute atomic E-state index is 0.176. The van der Waals surface area contributed by atoms with Crippen LogP contribution in [0, 0.1) is 98.0 Å². The lowest BCUT2D eigenvalue weighted by Gasteiger charge is -2.38. The van der Waals surface area contributed by atoms with Gasteiger partial charge in [-0.25, -0.2) is 14.5 Å². The first-order chi connectivity index (χ1) is 41.9. The Hall–Kier alpha value is -9.08. The number of nitrogens with zero attached hydrogens (tertiary/aromatic N) is 12. The fourth-order valence-electron chi connectivity index (χ4n) is 14.4. The number of likely N-dealkylation sites (tertiary alicyclic amines) is 4. The van der Waals surface area contributed by atoms with E-state index in [0.29, 0.717) is 78.0 Å². The molecule has 0 aromatic carbocycles. The number of carbonyl (C=O) groups excluding carboxylic acids is 4. The number of allylic oxidation sites excluding steroid dienone is 10. The summed E-state index contributed by atoms with van der Waals surface area (Å²) in [6.07, 6.45) is 10.2. The van der Waals surface area contributed by atoms with Crippen molar-refractivity contribution in [3.8, 4) is 30.3 Å².